The average molecular weight is 339 g/mol. The quantitative estimate of drug-likeness (QED) is 0.469. The maximum atomic E-state index is 2.25. The fourth-order valence-corrected chi connectivity index (χ4v) is 1.03. The van der Waals surface area contributed by atoms with Gasteiger partial charge in [0, 0.05) is 0 Å². The van der Waals surface area contributed by atoms with Crippen LogP contribution in [-0.2, 0) is 29.7 Å². The molecule has 0 radical (unpaired) electrons. The number of hydrogen-bond acceptors (Lipinski definition) is 0. The summed E-state index contributed by atoms with van der Waals surface area (Å²) < 4.78 is 1.51. The molecule has 0 aliphatic heterocycles. The number of rotatable bonds is 0. The zero-order valence-corrected chi connectivity index (χ0v) is 15.0. The molecule has 0 spiro atoms. The third-order valence-corrected chi connectivity index (χ3v) is 1.77. The number of hydrogen-bond donors (Lipinski definition) is 0. The second-order valence-electron chi connectivity index (χ2n) is 4.93. The second-order valence-corrected chi connectivity index (χ2v) is 7.39. The maximum Gasteiger partial charge on any atom is -0.0635 e. The van der Waals surface area contributed by atoms with Gasteiger partial charge in [-0.1, -0.05) is 33.1 Å². The van der Waals surface area contributed by atoms with E-state index >= 15 is 0 Å². The molecule has 3 heteroatoms. The van der Waals surface area contributed by atoms with Gasteiger partial charge in [0.25, 0.3) is 0 Å². The SMILES string of the molecule is C[C](C)=[Zr+2].Cc1cc(C(C)(C)C)c[cH-]1.[Cl-].[Cl-]. The van der Waals surface area contributed by atoms with E-state index in [0.29, 0.717) is 5.41 Å². The molecule has 0 aliphatic carbocycles. The monoisotopic (exact) mass is 337 g/mol. The summed E-state index contributed by atoms with van der Waals surface area (Å²) in [5, 5.41) is 0. The van der Waals surface area contributed by atoms with Gasteiger partial charge in [-0.3, -0.25) is 0 Å². The Labute approximate surface area is 128 Å². The van der Waals surface area contributed by atoms with Crippen LogP contribution in [0.2, 0.25) is 0 Å². The molecule has 0 bridgehead atoms. The molecule has 0 nitrogen and oxygen atoms in total. The minimum Gasteiger partial charge on any atom is -1.00 e. The van der Waals surface area contributed by atoms with Crippen LogP contribution in [0.3, 0.4) is 0 Å². The third-order valence-electron chi connectivity index (χ3n) is 1.77. The summed E-state index contributed by atoms with van der Waals surface area (Å²) in [7, 11) is 0. The molecule has 0 unspecified atom stereocenters. The molecular formula is C13H21Cl2Zr-. The minimum absolute atomic E-state index is 0. The third kappa shape index (κ3) is 11.2. The molecule has 0 aromatic heterocycles. The van der Waals surface area contributed by atoms with Crippen molar-refractivity contribution in [3.8, 4) is 0 Å². The van der Waals surface area contributed by atoms with Gasteiger partial charge in [0.2, 0.25) is 0 Å². The van der Waals surface area contributed by atoms with Gasteiger partial charge in [0.15, 0.2) is 0 Å². The van der Waals surface area contributed by atoms with Crippen LogP contribution in [0.5, 0.6) is 0 Å². The molecule has 0 N–H and O–H groups in total. The van der Waals surface area contributed by atoms with Crippen LogP contribution in [0.25, 0.3) is 0 Å². The predicted octanol–water partition coefficient (Wildman–Crippen LogP) is -2.24. The van der Waals surface area contributed by atoms with Crippen molar-refractivity contribution in [1.82, 2.24) is 0 Å². The molecule has 0 atom stereocenters. The molecular weight excluding hydrogens is 318 g/mol. The van der Waals surface area contributed by atoms with Gasteiger partial charge in [0.1, 0.15) is 0 Å². The standard InChI is InChI=1S/C10H15.C3H6.2ClH.Zr/c1-8-5-6-9(7-8)10(2,3)4;1-3-2;;;/h5-7H,1-4H3;1-2H3;2*1H;/q-1;;;;+2/p-2. The Balaban J connectivity index is -0.000000249. The van der Waals surface area contributed by atoms with E-state index < -0.39 is 0 Å². The van der Waals surface area contributed by atoms with Gasteiger partial charge < -0.3 is 24.8 Å². The first kappa shape index (κ1) is 21.9. The van der Waals surface area contributed by atoms with Crippen LogP contribution in [0.15, 0.2) is 18.2 Å². The summed E-state index contributed by atoms with van der Waals surface area (Å²) in [5.74, 6) is 0. The first-order valence-electron chi connectivity index (χ1n) is 4.99. The van der Waals surface area contributed by atoms with Crippen LogP contribution in [0.4, 0.5) is 0 Å². The Morgan fingerprint density at radius 2 is 1.56 bits per heavy atom. The fraction of sp³-hybridized carbons (Fsp3) is 0.538. The van der Waals surface area contributed by atoms with Crippen molar-refractivity contribution in [2.24, 2.45) is 0 Å². The Kier molecular flexibility index (Phi) is 13.3. The van der Waals surface area contributed by atoms with Crippen molar-refractivity contribution in [1.29, 1.82) is 0 Å². The van der Waals surface area contributed by atoms with E-state index in [4.69, 9.17) is 0 Å². The van der Waals surface area contributed by atoms with E-state index in [1.165, 1.54) is 14.3 Å². The van der Waals surface area contributed by atoms with Crippen LogP contribution >= 0.6 is 0 Å². The van der Waals surface area contributed by atoms with Gasteiger partial charge in [-0.2, -0.15) is 23.3 Å². The second kappa shape index (κ2) is 9.69. The maximum absolute atomic E-state index is 2.25. The van der Waals surface area contributed by atoms with E-state index in [1.807, 2.05) is 0 Å². The predicted molar refractivity (Wildman–Crippen MR) is 61.8 cm³/mol. The smallest absolute Gasteiger partial charge is 0.0635 e. The van der Waals surface area contributed by atoms with Gasteiger partial charge >= 0.3 is 41.3 Å². The van der Waals surface area contributed by atoms with E-state index in [2.05, 4.69) is 59.7 Å². The molecule has 0 amide bonds. The molecule has 1 aromatic carbocycles. The fourth-order valence-electron chi connectivity index (χ4n) is 1.03. The first-order chi connectivity index (χ1) is 6.23. The van der Waals surface area contributed by atoms with Crippen LogP contribution in [-0.4, -0.2) is 3.21 Å². The summed E-state index contributed by atoms with van der Waals surface area (Å²) in [5.41, 5.74) is 3.11. The van der Waals surface area contributed by atoms with Crippen molar-refractivity contribution < 1.29 is 49.0 Å². The van der Waals surface area contributed by atoms with Crippen LogP contribution in [0.1, 0.15) is 45.7 Å². The summed E-state index contributed by atoms with van der Waals surface area (Å²) in [6, 6.07) is 6.62. The molecule has 0 aliphatic rings. The molecule has 0 saturated carbocycles. The van der Waals surface area contributed by atoms with Crippen LogP contribution in [0, 0.1) is 6.92 Å². The van der Waals surface area contributed by atoms with E-state index in [-0.39, 0.29) is 24.8 Å². The minimum atomic E-state index is 0. The molecule has 0 fully saturated rings. The largest absolute Gasteiger partial charge is 1.00 e. The topological polar surface area (TPSA) is 0 Å². The number of halogens is 2. The average Bonchev–Trinajstić information content (AvgIpc) is 2.32. The van der Waals surface area contributed by atoms with Crippen molar-refractivity contribution >= 4 is 3.21 Å². The zero-order chi connectivity index (χ0) is 11.4. The van der Waals surface area contributed by atoms with E-state index in [0.717, 1.165) is 0 Å². The van der Waals surface area contributed by atoms with Gasteiger partial charge in [-0.05, 0) is 0 Å². The zero-order valence-electron chi connectivity index (χ0n) is 11.0. The Bertz CT molecular complexity index is 291. The molecule has 0 heterocycles. The number of aryl methyl sites for hydroxylation is 1. The van der Waals surface area contributed by atoms with Gasteiger partial charge in [0.05, 0.1) is 0 Å². The Morgan fingerprint density at radius 1 is 1.19 bits per heavy atom. The molecule has 92 valence electrons. The molecule has 0 saturated heterocycles. The molecule has 1 aromatic rings. The van der Waals surface area contributed by atoms with Crippen molar-refractivity contribution in [2.45, 2.75) is 47.0 Å². The molecule has 1 rings (SSSR count). The Hall–Kier alpha value is 0.683. The normalized spacial score (nSPS) is 9.25. The van der Waals surface area contributed by atoms with E-state index in [1.54, 1.807) is 24.2 Å². The van der Waals surface area contributed by atoms with Gasteiger partial charge in [-0.15, -0.1) is 0 Å². The summed E-state index contributed by atoms with van der Waals surface area (Å²) in [4.78, 5) is 0. The summed E-state index contributed by atoms with van der Waals surface area (Å²) in [6.07, 6.45) is 0. The van der Waals surface area contributed by atoms with Crippen molar-refractivity contribution in [2.75, 3.05) is 0 Å². The summed E-state index contributed by atoms with van der Waals surface area (Å²) >= 11 is 1.55. The van der Waals surface area contributed by atoms with Crippen molar-refractivity contribution in [3.05, 3.63) is 29.3 Å². The molecule has 16 heavy (non-hydrogen) atoms. The van der Waals surface area contributed by atoms with E-state index in [9.17, 15) is 0 Å². The van der Waals surface area contributed by atoms with Gasteiger partial charge in [-0.25, -0.2) is 6.07 Å². The van der Waals surface area contributed by atoms with Crippen molar-refractivity contribution in [3.63, 3.8) is 0 Å². The van der Waals surface area contributed by atoms with Crippen LogP contribution < -0.4 is 24.8 Å². The summed E-state index contributed by atoms with van der Waals surface area (Å²) in [6.45, 7) is 13.1. The first-order valence-corrected chi connectivity index (χ1v) is 6.22. The Morgan fingerprint density at radius 3 is 1.69 bits per heavy atom.